The van der Waals surface area contributed by atoms with Crippen LogP contribution in [0.4, 0.5) is 5.69 Å². The molecule has 0 fully saturated rings. The van der Waals surface area contributed by atoms with Gasteiger partial charge in [-0.2, -0.15) is 5.10 Å². The van der Waals surface area contributed by atoms with E-state index in [-0.39, 0.29) is 0 Å². The Bertz CT molecular complexity index is 1710. The summed E-state index contributed by atoms with van der Waals surface area (Å²) in [5.74, 6) is 0. The van der Waals surface area contributed by atoms with Crippen molar-refractivity contribution in [2.75, 3.05) is 5.32 Å². The average Bonchev–Trinajstić information content (AvgIpc) is 3.56. The number of anilines is 1. The lowest BCUT2D eigenvalue weighted by atomic mass is 10.0. The summed E-state index contributed by atoms with van der Waals surface area (Å²) in [6.07, 6.45) is 12.3. The van der Waals surface area contributed by atoms with Crippen LogP contribution in [0.25, 0.3) is 55.6 Å². The third-order valence-corrected chi connectivity index (χ3v) is 6.53. The van der Waals surface area contributed by atoms with E-state index in [0.717, 1.165) is 86.2 Å². The predicted octanol–water partition coefficient (Wildman–Crippen LogP) is 7.35. The predicted molar refractivity (Wildman–Crippen MR) is 150 cm³/mol. The number of hydrogen-bond donors (Lipinski definition) is 3. The highest BCUT2D eigenvalue weighted by molar-refractivity contribution is 6.00. The Morgan fingerprint density at radius 3 is 2.62 bits per heavy atom. The number of benzene rings is 1. The molecule has 6 rings (SSSR count). The van der Waals surface area contributed by atoms with Gasteiger partial charge in [0.15, 0.2) is 0 Å². The van der Waals surface area contributed by atoms with Crippen molar-refractivity contribution in [1.29, 1.82) is 0 Å². The Hall–Kier alpha value is -4.78. The van der Waals surface area contributed by atoms with Gasteiger partial charge in [0.2, 0.25) is 0 Å². The van der Waals surface area contributed by atoms with Gasteiger partial charge in [-0.25, -0.2) is 0 Å². The molecule has 0 aliphatic rings. The standard InChI is InChI=1S/C30H27N7/c1-3-4-6-19(2)34-23-13-22(17-32-18-23)20-8-9-27-24(14-20)30(37-36-27)28-15-25-26(35-28)10-12-33-29(25)21-7-5-11-31-16-21/h5,7-18,34-35H,2-4,6H2,1H3,(H,36,37). The van der Waals surface area contributed by atoms with E-state index in [4.69, 9.17) is 0 Å². The van der Waals surface area contributed by atoms with Gasteiger partial charge in [0.25, 0.3) is 0 Å². The molecule has 3 N–H and O–H groups in total. The zero-order chi connectivity index (χ0) is 25.2. The van der Waals surface area contributed by atoms with Crippen LogP contribution in [0.2, 0.25) is 0 Å². The van der Waals surface area contributed by atoms with Gasteiger partial charge in [-0.05, 0) is 60.9 Å². The largest absolute Gasteiger partial charge is 0.358 e. The summed E-state index contributed by atoms with van der Waals surface area (Å²) in [6.45, 7) is 6.33. The Labute approximate surface area is 214 Å². The molecule has 0 aliphatic carbocycles. The lowest BCUT2D eigenvalue weighted by molar-refractivity contribution is 0.791. The number of H-pyrrole nitrogens is 2. The fourth-order valence-electron chi connectivity index (χ4n) is 4.64. The van der Waals surface area contributed by atoms with Crippen molar-refractivity contribution in [3.05, 3.63) is 91.8 Å². The third-order valence-electron chi connectivity index (χ3n) is 6.53. The highest BCUT2D eigenvalue weighted by Gasteiger charge is 2.15. The van der Waals surface area contributed by atoms with Gasteiger partial charge in [0.1, 0.15) is 5.69 Å². The molecule has 7 heteroatoms. The second-order valence-electron chi connectivity index (χ2n) is 9.17. The molecule has 6 aromatic rings. The van der Waals surface area contributed by atoms with E-state index in [2.05, 4.69) is 79.3 Å². The van der Waals surface area contributed by atoms with Crippen LogP contribution in [0, 0.1) is 0 Å². The number of unbranched alkanes of at least 4 members (excludes halogenated alkanes) is 1. The first-order valence-corrected chi connectivity index (χ1v) is 12.5. The number of hydrogen-bond acceptors (Lipinski definition) is 5. The minimum absolute atomic E-state index is 0.861. The van der Waals surface area contributed by atoms with Crippen LogP contribution in [0.3, 0.4) is 0 Å². The number of nitrogens with zero attached hydrogens (tertiary/aromatic N) is 4. The molecule has 0 saturated carbocycles. The van der Waals surface area contributed by atoms with Crippen molar-refractivity contribution in [2.24, 2.45) is 0 Å². The minimum Gasteiger partial charge on any atom is -0.358 e. The van der Waals surface area contributed by atoms with Crippen molar-refractivity contribution in [2.45, 2.75) is 26.2 Å². The van der Waals surface area contributed by atoms with E-state index in [1.807, 2.05) is 43.0 Å². The summed E-state index contributed by atoms with van der Waals surface area (Å²) in [7, 11) is 0. The normalized spacial score (nSPS) is 11.3. The maximum absolute atomic E-state index is 4.65. The second-order valence-corrected chi connectivity index (χ2v) is 9.17. The summed E-state index contributed by atoms with van der Waals surface area (Å²) in [4.78, 5) is 16.9. The minimum atomic E-state index is 0.861. The van der Waals surface area contributed by atoms with Crippen molar-refractivity contribution in [3.63, 3.8) is 0 Å². The molecule has 1 aromatic carbocycles. The summed E-state index contributed by atoms with van der Waals surface area (Å²) in [6, 6.07) is 16.5. The molecule has 0 atom stereocenters. The van der Waals surface area contributed by atoms with Crippen LogP contribution in [0.1, 0.15) is 26.2 Å². The van der Waals surface area contributed by atoms with Gasteiger partial charge in [-0.3, -0.25) is 20.1 Å². The van der Waals surface area contributed by atoms with E-state index < -0.39 is 0 Å². The molecule has 0 unspecified atom stereocenters. The van der Waals surface area contributed by atoms with E-state index in [1.54, 1.807) is 6.20 Å². The molecule has 0 aliphatic heterocycles. The van der Waals surface area contributed by atoms with Gasteiger partial charge >= 0.3 is 0 Å². The van der Waals surface area contributed by atoms with Crippen molar-refractivity contribution < 1.29 is 0 Å². The van der Waals surface area contributed by atoms with Crippen LogP contribution in [0.15, 0.2) is 91.8 Å². The molecule has 7 nitrogen and oxygen atoms in total. The number of aromatic nitrogens is 6. The molecular formula is C30H27N7. The fourth-order valence-corrected chi connectivity index (χ4v) is 4.64. The molecule has 5 aromatic heterocycles. The molecule has 0 saturated heterocycles. The first-order chi connectivity index (χ1) is 18.2. The zero-order valence-electron chi connectivity index (χ0n) is 20.6. The number of allylic oxidation sites excluding steroid dienone is 1. The fraction of sp³-hybridized carbons (Fsp3) is 0.133. The monoisotopic (exact) mass is 485 g/mol. The highest BCUT2D eigenvalue weighted by Crippen LogP contribution is 2.34. The molecule has 0 amide bonds. The van der Waals surface area contributed by atoms with Gasteiger partial charge in [-0.1, -0.05) is 26.0 Å². The number of fused-ring (bicyclic) bond motifs is 2. The van der Waals surface area contributed by atoms with Crippen LogP contribution in [-0.4, -0.2) is 30.1 Å². The molecule has 0 radical (unpaired) electrons. The van der Waals surface area contributed by atoms with E-state index >= 15 is 0 Å². The molecule has 182 valence electrons. The summed E-state index contributed by atoms with van der Waals surface area (Å²) in [5, 5.41) is 13.3. The maximum Gasteiger partial charge on any atom is 0.116 e. The Kier molecular flexibility index (Phi) is 5.94. The Morgan fingerprint density at radius 2 is 1.76 bits per heavy atom. The number of pyridine rings is 3. The first-order valence-electron chi connectivity index (χ1n) is 12.5. The summed E-state index contributed by atoms with van der Waals surface area (Å²) < 4.78 is 0. The van der Waals surface area contributed by atoms with Crippen LogP contribution in [-0.2, 0) is 0 Å². The number of aromatic amines is 2. The molecule has 0 spiro atoms. The van der Waals surface area contributed by atoms with E-state index in [0.29, 0.717) is 0 Å². The van der Waals surface area contributed by atoms with Gasteiger partial charge in [0.05, 0.1) is 28.8 Å². The number of nitrogens with one attached hydrogen (secondary N) is 3. The first kappa shape index (κ1) is 22.7. The lowest BCUT2D eigenvalue weighted by Crippen LogP contribution is -1.98. The SMILES string of the molecule is C=C(CCCC)Nc1cncc(-c2ccc3[nH]nc(-c4cc5c(-c6cccnc6)nccc5[nH]4)c3c2)c1. The lowest BCUT2D eigenvalue weighted by Gasteiger charge is -2.10. The molecule has 5 heterocycles. The quantitative estimate of drug-likeness (QED) is 0.209. The number of rotatable bonds is 8. The molecule has 0 bridgehead atoms. The van der Waals surface area contributed by atoms with E-state index in [1.165, 1.54) is 0 Å². The van der Waals surface area contributed by atoms with Gasteiger partial charge < -0.3 is 10.3 Å². The van der Waals surface area contributed by atoms with Crippen LogP contribution >= 0.6 is 0 Å². The van der Waals surface area contributed by atoms with Gasteiger partial charge in [-0.15, -0.1) is 0 Å². The Balaban J connectivity index is 1.37. The molecule has 37 heavy (non-hydrogen) atoms. The van der Waals surface area contributed by atoms with Crippen LogP contribution in [0.5, 0.6) is 0 Å². The van der Waals surface area contributed by atoms with E-state index in [9.17, 15) is 0 Å². The second kappa shape index (κ2) is 9.70. The average molecular weight is 486 g/mol. The smallest absolute Gasteiger partial charge is 0.116 e. The summed E-state index contributed by atoms with van der Waals surface area (Å²) >= 11 is 0. The zero-order valence-corrected chi connectivity index (χ0v) is 20.6. The van der Waals surface area contributed by atoms with Crippen molar-refractivity contribution in [1.82, 2.24) is 30.1 Å². The van der Waals surface area contributed by atoms with Crippen LogP contribution < -0.4 is 5.32 Å². The van der Waals surface area contributed by atoms with Crippen molar-refractivity contribution in [3.8, 4) is 33.8 Å². The Morgan fingerprint density at radius 1 is 0.865 bits per heavy atom. The molecular weight excluding hydrogens is 458 g/mol. The maximum atomic E-state index is 4.65. The van der Waals surface area contributed by atoms with Crippen molar-refractivity contribution >= 4 is 27.5 Å². The topological polar surface area (TPSA) is 95.2 Å². The summed E-state index contributed by atoms with van der Waals surface area (Å²) in [5.41, 5.74) is 9.68. The third kappa shape index (κ3) is 4.47. The van der Waals surface area contributed by atoms with Gasteiger partial charge in [0, 0.05) is 57.9 Å². The highest BCUT2D eigenvalue weighted by atomic mass is 15.1.